The number of methoxy groups -OCH3 is 1. The molecule has 0 radical (unpaired) electrons. The van der Waals surface area contributed by atoms with Gasteiger partial charge in [0.05, 0.1) is 6.10 Å². The Balaban J connectivity index is 3.25. The lowest BCUT2D eigenvalue weighted by Gasteiger charge is -2.11. The van der Waals surface area contributed by atoms with Crippen LogP contribution in [0.25, 0.3) is 0 Å². The first-order chi connectivity index (χ1) is 6.97. The van der Waals surface area contributed by atoms with E-state index in [4.69, 9.17) is 10.5 Å². The lowest BCUT2D eigenvalue weighted by molar-refractivity contribution is 0.0990. The third kappa shape index (κ3) is 2.30. The first-order valence-corrected chi connectivity index (χ1v) is 4.29. The van der Waals surface area contributed by atoms with Crippen molar-refractivity contribution in [1.29, 1.82) is 0 Å². The molecule has 2 N–H and O–H groups in total. The number of halogens is 2. The average molecular weight is 215 g/mol. The molecule has 0 bridgehead atoms. The minimum atomic E-state index is -1.12. The normalized spacial score (nSPS) is 12.5. The van der Waals surface area contributed by atoms with Crippen LogP contribution in [0.1, 0.15) is 28.9 Å². The summed E-state index contributed by atoms with van der Waals surface area (Å²) in [5.74, 6) is -3.07. The van der Waals surface area contributed by atoms with E-state index in [1.54, 1.807) is 6.92 Å². The molecular weight excluding hydrogens is 204 g/mol. The number of carbonyl (C=O) groups excluding carboxylic acids is 1. The highest BCUT2D eigenvalue weighted by molar-refractivity contribution is 5.93. The van der Waals surface area contributed by atoms with Gasteiger partial charge < -0.3 is 10.5 Å². The fraction of sp³-hybridized carbons (Fsp3) is 0.300. The number of carbonyl (C=O) groups is 1. The summed E-state index contributed by atoms with van der Waals surface area (Å²) < 4.78 is 31.4. The van der Waals surface area contributed by atoms with Crippen molar-refractivity contribution < 1.29 is 18.3 Å². The second-order valence-electron chi connectivity index (χ2n) is 3.10. The Bertz CT molecular complexity index is 370. The Morgan fingerprint density at radius 1 is 1.40 bits per heavy atom. The van der Waals surface area contributed by atoms with Gasteiger partial charge in [0.25, 0.3) is 5.91 Å². The number of amides is 1. The molecule has 15 heavy (non-hydrogen) atoms. The zero-order chi connectivity index (χ0) is 11.6. The minimum Gasteiger partial charge on any atom is -0.377 e. The van der Waals surface area contributed by atoms with Crippen LogP contribution in [0.15, 0.2) is 12.1 Å². The molecule has 0 aliphatic rings. The molecule has 1 amide bonds. The molecule has 0 spiro atoms. The van der Waals surface area contributed by atoms with Crippen LogP contribution in [0.5, 0.6) is 0 Å². The molecule has 3 nitrogen and oxygen atoms in total. The number of ether oxygens (including phenoxy) is 1. The summed E-state index contributed by atoms with van der Waals surface area (Å²) in [6, 6.07) is 2.08. The molecule has 5 heteroatoms. The summed E-state index contributed by atoms with van der Waals surface area (Å²) in [6.45, 7) is 1.64. The monoisotopic (exact) mass is 215 g/mol. The predicted molar refractivity (Wildman–Crippen MR) is 50.3 cm³/mol. The van der Waals surface area contributed by atoms with Crippen molar-refractivity contribution in [2.75, 3.05) is 7.11 Å². The molecule has 0 heterocycles. The van der Waals surface area contributed by atoms with Gasteiger partial charge >= 0.3 is 0 Å². The van der Waals surface area contributed by atoms with Gasteiger partial charge in [-0.2, -0.15) is 0 Å². The fourth-order valence-corrected chi connectivity index (χ4v) is 1.20. The van der Waals surface area contributed by atoms with Crippen LogP contribution in [0.2, 0.25) is 0 Å². The Hall–Kier alpha value is -1.49. The van der Waals surface area contributed by atoms with E-state index in [2.05, 4.69) is 0 Å². The number of nitrogens with two attached hydrogens (primary N) is 1. The molecule has 0 saturated heterocycles. The highest BCUT2D eigenvalue weighted by atomic mass is 19.1. The molecule has 0 saturated carbocycles. The highest BCUT2D eigenvalue weighted by Crippen LogP contribution is 2.21. The largest absolute Gasteiger partial charge is 0.377 e. The standard InChI is InChI=1S/C10H11F2NO2/c1-5(15-2)6-3-7(11)9(10(13)14)8(12)4-6/h3-5H,1-2H3,(H2,13,14). The van der Waals surface area contributed by atoms with Gasteiger partial charge in [0.1, 0.15) is 17.2 Å². The first kappa shape index (κ1) is 11.6. The van der Waals surface area contributed by atoms with Gasteiger partial charge in [-0.15, -0.1) is 0 Å². The molecule has 1 unspecified atom stereocenters. The van der Waals surface area contributed by atoms with Crippen LogP contribution in [0.3, 0.4) is 0 Å². The summed E-state index contributed by atoms with van der Waals surface area (Å²) >= 11 is 0. The maximum absolute atomic E-state index is 13.3. The zero-order valence-corrected chi connectivity index (χ0v) is 8.38. The summed E-state index contributed by atoms with van der Waals surface area (Å²) in [6.07, 6.45) is -0.448. The highest BCUT2D eigenvalue weighted by Gasteiger charge is 2.17. The molecule has 1 rings (SSSR count). The van der Waals surface area contributed by atoms with E-state index in [-0.39, 0.29) is 0 Å². The molecule has 1 aromatic carbocycles. The van der Waals surface area contributed by atoms with E-state index in [0.717, 1.165) is 12.1 Å². The minimum absolute atomic E-state index is 0.317. The Morgan fingerprint density at radius 3 is 2.20 bits per heavy atom. The molecule has 1 aromatic rings. The topological polar surface area (TPSA) is 52.3 Å². The van der Waals surface area contributed by atoms with Crippen molar-refractivity contribution >= 4 is 5.91 Å². The summed E-state index contributed by atoms with van der Waals surface area (Å²) in [7, 11) is 1.42. The smallest absolute Gasteiger partial charge is 0.254 e. The van der Waals surface area contributed by atoms with Gasteiger partial charge in [0.2, 0.25) is 0 Å². The Morgan fingerprint density at radius 2 is 1.87 bits per heavy atom. The van der Waals surface area contributed by atoms with Gasteiger partial charge in [0.15, 0.2) is 0 Å². The van der Waals surface area contributed by atoms with Gasteiger partial charge in [0, 0.05) is 7.11 Å². The maximum atomic E-state index is 13.3. The van der Waals surface area contributed by atoms with Crippen LogP contribution < -0.4 is 5.73 Å². The lowest BCUT2D eigenvalue weighted by Crippen LogP contribution is -2.16. The van der Waals surface area contributed by atoms with Crippen LogP contribution in [-0.4, -0.2) is 13.0 Å². The second kappa shape index (κ2) is 4.35. The summed E-state index contributed by atoms with van der Waals surface area (Å²) in [4.78, 5) is 10.7. The Kier molecular flexibility index (Phi) is 3.36. The molecule has 82 valence electrons. The first-order valence-electron chi connectivity index (χ1n) is 4.29. The molecule has 0 fully saturated rings. The number of rotatable bonds is 3. The van der Waals surface area contributed by atoms with Crippen LogP contribution >= 0.6 is 0 Å². The van der Waals surface area contributed by atoms with Gasteiger partial charge in [-0.25, -0.2) is 8.78 Å². The second-order valence-corrected chi connectivity index (χ2v) is 3.10. The predicted octanol–water partition coefficient (Wildman–Crippen LogP) is 1.77. The van der Waals surface area contributed by atoms with Gasteiger partial charge in [-0.05, 0) is 24.6 Å². The third-order valence-corrected chi connectivity index (χ3v) is 2.13. The van der Waals surface area contributed by atoms with Crippen LogP contribution in [0.4, 0.5) is 8.78 Å². The quantitative estimate of drug-likeness (QED) is 0.835. The summed E-state index contributed by atoms with van der Waals surface area (Å²) in [5, 5.41) is 0. The molecule has 0 aromatic heterocycles. The lowest BCUT2D eigenvalue weighted by atomic mass is 10.1. The SMILES string of the molecule is COC(C)c1cc(F)c(C(N)=O)c(F)c1. The Labute approximate surface area is 85.8 Å². The van der Waals surface area contributed by atoms with E-state index in [0.29, 0.717) is 5.56 Å². The van der Waals surface area contributed by atoms with E-state index >= 15 is 0 Å². The maximum Gasteiger partial charge on any atom is 0.254 e. The molecule has 0 aliphatic carbocycles. The van der Waals surface area contributed by atoms with E-state index < -0.39 is 29.2 Å². The van der Waals surface area contributed by atoms with Gasteiger partial charge in [-0.1, -0.05) is 0 Å². The summed E-state index contributed by atoms with van der Waals surface area (Å²) in [5.41, 5.74) is 4.42. The number of hydrogen-bond donors (Lipinski definition) is 1. The number of benzene rings is 1. The van der Waals surface area contributed by atoms with Crippen LogP contribution in [0, 0.1) is 11.6 Å². The molecule has 1 atom stereocenters. The van der Waals surface area contributed by atoms with Crippen LogP contribution in [-0.2, 0) is 4.74 Å². The van der Waals surface area contributed by atoms with Crippen molar-refractivity contribution in [3.05, 3.63) is 34.9 Å². The van der Waals surface area contributed by atoms with Crippen molar-refractivity contribution in [3.63, 3.8) is 0 Å². The van der Waals surface area contributed by atoms with E-state index in [1.165, 1.54) is 7.11 Å². The van der Waals surface area contributed by atoms with Crippen molar-refractivity contribution in [1.82, 2.24) is 0 Å². The third-order valence-electron chi connectivity index (χ3n) is 2.13. The number of primary amides is 1. The van der Waals surface area contributed by atoms with E-state index in [9.17, 15) is 13.6 Å². The van der Waals surface area contributed by atoms with Crippen molar-refractivity contribution in [2.24, 2.45) is 5.73 Å². The average Bonchev–Trinajstić information content (AvgIpc) is 2.14. The zero-order valence-electron chi connectivity index (χ0n) is 8.38. The van der Waals surface area contributed by atoms with E-state index in [1.807, 2.05) is 0 Å². The van der Waals surface area contributed by atoms with Gasteiger partial charge in [-0.3, -0.25) is 4.79 Å². The van der Waals surface area contributed by atoms with Crippen molar-refractivity contribution in [2.45, 2.75) is 13.0 Å². The van der Waals surface area contributed by atoms with Crippen molar-refractivity contribution in [3.8, 4) is 0 Å². The number of hydrogen-bond acceptors (Lipinski definition) is 2. The fourth-order valence-electron chi connectivity index (χ4n) is 1.20. The molecular formula is C10H11F2NO2. The molecule has 0 aliphatic heterocycles.